The molecule has 1 atom stereocenters. The molecule has 1 fully saturated rings. The van der Waals surface area contributed by atoms with Crippen molar-refractivity contribution < 1.29 is 14.7 Å². The van der Waals surface area contributed by atoms with E-state index < -0.39 is 5.54 Å². The number of aromatic nitrogens is 1. The third kappa shape index (κ3) is 3.44. The number of carbonyl (C=O) groups is 2. The van der Waals surface area contributed by atoms with Crippen LogP contribution in [0.1, 0.15) is 31.7 Å². The van der Waals surface area contributed by atoms with Gasteiger partial charge in [0.2, 0.25) is 11.8 Å². The number of amides is 2. The number of rotatable bonds is 7. The van der Waals surface area contributed by atoms with E-state index in [-0.39, 0.29) is 25.0 Å². The molecule has 0 bridgehead atoms. The standard InChI is InChI=1S/C16H23N3O3/c1-13(21)19-11-7-16(19,15(22)18-10-12-20)6-2-3-14-4-8-17-9-5-14/h4-5,8-9,20H,2-3,6-7,10-12H2,1H3,(H,18,22)/t16-/m1/s1. The van der Waals surface area contributed by atoms with Gasteiger partial charge in [-0.2, -0.15) is 0 Å². The van der Waals surface area contributed by atoms with Crippen LogP contribution in [0.15, 0.2) is 24.5 Å². The van der Waals surface area contributed by atoms with Crippen LogP contribution in [0.4, 0.5) is 0 Å². The van der Waals surface area contributed by atoms with Crippen molar-refractivity contribution >= 4 is 11.8 Å². The quantitative estimate of drug-likeness (QED) is 0.769. The highest BCUT2D eigenvalue weighted by Crippen LogP contribution is 2.36. The Morgan fingerprint density at radius 1 is 1.41 bits per heavy atom. The summed E-state index contributed by atoms with van der Waals surface area (Å²) in [5.41, 5.74) is 0.434. The zero-order chi connectivity index (χ0) is 16.0. The van der Waals surface area contributed by atoms with Gasteiger partial charge in [-0.05, 0) is 43.4 Å². The molecule has 22 heavy (non-hydrogen) atoms. The molecule has 0 radical (unpaired) electrons. The minimum atomic E-state index is -0.742. The number of nitrogens with one attached hydrogen (secondary N) is 1. The van der Waals surface area contributed by atoms with Crippen LogP contribution < -0.4 is 5.32 Å². The monoisotopic (exact) mass is 305 g/mol. The summed E-state index contributed by atoms with van der Waals surface area (Å²) in [5, 5.41) is 11.6. The van der Waals surface area contributed by atoms with Crippen LogP contribution in [-0.4, -0.2) is 52.0 Å². The maximum absolute atomic E-state index is 12.4. The minimum Gasteiger partial charge on any atom is -0.395 e. The summed E-state index contributed by atoms with van der Waals surface area (Å²) in [6.07, 6.45) is 6.49. The lowest BCUT2D eigenvalue weighted by Crippen LogP contribution is -2.68. The van der Waals surface area contributed by atoms with E-state index in [1.54, 1.807) is 17.3 Å². The molecule has 0 spiro atoms. The fraction of sp³-hybridized carbons (Fsp3) is 0.562. The topological polar surface area (TPSA) is 82.5 Å². The van der Waals surface area contributed by atoms with E-state index in [1.165, 1.54) is 12.5 Å². The lowest BCUT2D eigenvalue weighted by atomic mass is 9.78. The normalized spacial score (nSPS) is 20.4. The molecule has 1 aliphatic heterocycles. The van der Waals surface area contributed by atoms with Crippen LogP contribution >= 0.6 is 0 Å². The van der Waals surface area contributed by atoms with Gasteiger partial charge in [0.05, 0.1) is 6.61 Å². The van der Waals surface area contributed by atoms with Crippen molar-refractivity contribution in [2.75, 3.05) is 19.7 Å². The SMILES string of the molecule is CC(=O)N1CC[C@]1(CCCc1ccncc1)C(=O)NCCO. The number of pyridine rings is 1. The number of hydrogen-bond donors (Lipinski definition) is 2. The van der Waals surface area contributed by atoms with Gasteiger partial charge in [-0.1, -0.05) is 0 Å². The fourth-order valence-electron chi connectivity index (χ4n) is 3.03. The molecule has 0 unspecified atom stereocenters. The van der Waals surface area contributed by atoms with Crippen LogP contribution in [0.5, 0.6) is 0 Å². The highest BCUT2D eigenvalue weighted by Gasteiger charge is 2.51. The molecule has 1 aromatic rings. The number of aliphatic hydroxyl groups excluding tert-OH is 1. The van der Waals surface area contributed by atoms with E-state index in [1.807, 2.05) is 12.1 Å². The van der Waals surface area contributed by atoms with E-state index in [2.05, 4.69) is 10.3 Å². The molecule has 1 aromatic heterocycles. The van der Waals surface area contributed by atoms with Crippen molar-refractivity contribution in [3.8, 4) is 0 Å². The molecular formula is C16H23N3O3. The van der Waals surface area contributed by atoms with Gasteiger partial charge in [-0.3, -0.25) is 14.6 Å². The molecule has 2 rings (SSSR count). The highest BCUT2D eigenvalue weighted by molar-refractivity contribution is 5.92. The summed E-state index contributed by atoms with van der Waals surface area (Å²) in [7, 11) is 0. The van der Waals surface area contributed by atoms with E-state index >= 15 is 0 Å². The predicted octanol–water partition coefficient (Wildman–Crippen LogP) is 0.504. The Morgan fingerprint density at radius 2 is 2.14 bits per heavy atom. The Morgan fingerprint density at radius 3 is 2.68 bits per heavy atom. The summed E-state index contributed by atoms with van der Waals surface area (Å²) in [4.78, 5) is 29.8. The largest absolute Gasteiger partial charge is 0.395 e. The van der Waals surface area contributed by atoms with Crippen LogP contribution in [-0.2, 0) is 16.0 Å². The first-order valence-corrected chi connectivity index (χ1v) is 7.66. The van der Waals surface area contributed by atoms with E-state index in [0.717, 1.165) is 12.8 Å². The van der Waals surface area contributed by atoms with Crippen molar-refractivity contribution in [3.63, 3.8) is 0 Å². The number of aliphatic hydroxyl groups is 1. The summed E-state index contributed by atoms with van der Waals surface area (Å²) >= 11 is 0. The van der Waals surface area contributed by atoms with E-state index in [9.17, 15) is 9.59 Å². The second kappa shape index (κ2) is 7.35. The Hall–Kier alpha value is -1.95. The third-order valence-corrected chi connectivity index (χ3v) is 4.27. The van der Waals surface area contributed by atoms with Crippen LogP contribution in [0.3, 0.4) is 0 Å². The summed E-state index contributed by atoms with van der Waals surface area (Å²) < 4.78 is 0. The minimum absolute atomic E-state index is 0.0747. The van der Waals surface area contributed by atoms with Crippen LogP contribution in [0.25, 0.3) is 0 Å². The molecule has 2 heterocycles. The Balaban J connectivity index is 1.99. The van der Waals surface area contributed by atoms with Crippen molar-refractivity contribution in [1.82, 2.24) is 15.2 Å². The molecule has 120 valence electrons. The third-order valence-electron chi connectivity index (χ3n) is 4.27. The zero-order valence-corrected chi connectivity index (χ0v) is 12.9. The van der Waals surface area contributed by atoms with Gasteiger partial charge in [0, 0.05) is 32.4 Å². The first kappa shape index (κ1) is 16.4. The molecule has 0 aromatic carbocycles. The fourth-order valence-corrected chi connectivity index (χ4v) is 3.03. The molecule has 1 saturated heterocycles. The van der Waals surface area contributed by atoms with E-state index in [4.69, 9.17) is 5.11 Å². The predicted molar refractivity (Wildman–Crippen MR) is 82.0 cm³/mol. The molecule has 1 aliphatic rings. The van der Waals surface area contributed by atoms with Crippen LogP contribution in [0.2, 0.25) is 0 Å². The Labute approximate surface area is 130 Å². The second-order valence-corrected chi connectivity index (χ2v) is 5.64. The molecule has 2 amide bonds. The summed E-state index contributed by atoms with van der Waals surface area (Å²) in [6.45, 7) is 2.24. The smallest absolute Gasteiger partial charge is 0.246 e. The number of hydrogen-bond acceptors (Lipinski definition) is 4. The second-order valence-electron chi connectivity index (χ2n) is 5.64. The number of likely N-dealkylation sites (tertiary alicyclic amines) is 1. The maximum atomic E-state index is 12.4. The average Bonchev–Trinajstić information content (AvgIpc) is 2.48. The van der Waals surface area contributed by atoms with E-state index in [0.29, 0.717) is 19.4 Å². The Kier molecular flexibility index (Phi) is 5.49. The summed E-state index contributed by atoms with van der Waals surface area (Å²) in [6, 6.07) is 3.92. The number of carbonyl (C=O) groups excluding carboxylic acids is 2. The molecule has 0 aliphatic carbocycles. The molecule has 6 nitrogen and oxygen atoms in total. The zero-order valence-electron chi connectivity index (χ0n) is 12.9. The number of nitrogens with zero attached hydrogens (tertiary/aromatic N) is 2. The molecular weight excluding hydrogens is 282 g/mol. The average molecular weight is 305 g/mol. The molecule has 6 heteroatoms. The van der Waals surface area contributed by atoms with Gasteiger partial charge < -0.3 is 15.3 Å². The van der Waals surface area contributed by atoms with Crippen molar-refractivity contribution in [2.45, 2.75) is 38.1 Å². The number of aryl methyl sites for hydroxylation is 1. The molecule has 2 N–H and O–H groups in total. The van der Waals surface area contributed by atoms with Gasteiger partial charge in [0.1, 0.15) is 5.54 Å². The van der Waals surface area contributed by atoms with Crippen molar-refractivity contribution in [2.24, 2.45) is 0 Å². The van der Waals surface area contributed by atoms with Gasteiger partial charge in [-0.25, -0.2) is 0 Å². The first-order valence-electron chi connectivity index (χ1n) is 7.66. The Bertz CT molecular complexity index is 521. The van der Waals surface area contributed by atoms with Gasteiger partial charge in [0.15, 0.2) is 0 Å². The summed E-state index contributed by atoms with van der Waals surface area (Å²) in [5.74, 6) is -0.230. The van der Waals surface area contributed by atoms with Crippen LogP contribution in [0, 0.1) is 0 Å². The lowest BCUT2D eigenvalue weighted by molar-refractivity contribution is -0.158. The van der Waals surface area contributed by atoms with Crippen molar-refractivity contribution in [1.29, 1.82) is 0 Å². The highest BCUT2D eigenvalue weighted by atomic mass is 16.3. The van der Waals surface area contributed by atoms with Gasteiger partial charge >= 0.3 is 0 Å². The lowest BCUT2D eigenvalue weighted by Gasteiger charge is -2.51. The first-order chi connectivity index (χ1) is 10.6. The maximum Gasteiger partial charge on any atom is 0.246 e. The van der Waals surface area contributed by atoms with Gasteiger partial charge in [-0.15, -0.1) is 0 Å². The van der Waals surface area contributed by atoms with Gasteiger partial charge in [0.25, 0.3) is 0 Å². The van der Waals surface area contributed by atoms with Crippen molar-refractivity contribution in [3.05, 3.63) is 30.1 Å². The molecule has 0 saturated carbocycles.